The van der Waals surface area contributed by atoms with Crippen molar-refractivity contribution in [3.8, 4) is 0 Å². The molecule has 2 unspecified atom stereocenters. The van der Waals surface area contributed by atoms with E-state index >= 15 is 0 Å². The van der Waals surface area contributed by atoms with Crippen molar-refractivity contribution in [2.75, 3.05) is 11.4 Å². The van der Waals surface area contributed by atoms with Gasteiger partial charge in [0.2, 0.25) is 0 Å². The van der Waals surface area contributed by atoms with E-state index in [0.29, 0.717) is 6.54 Å². The van der Waals surface area contributed by atoms with Crippen LogP contribution in [-0.4, -0.2) is 28.8 Å². The quantitative estimate of drug-likeness (QED) is 0.880. The fourth-order valence-electron chi connectivity index (χ4n) is 2.26. The van der Waals surface area contributed by atoms with Crippen LogP contribution < -0.4 is 4.90 Å². The van der Waals surface area contributed by atoms with Crippen LogP contribution in [0.5, 0.6) is 0 Å². The standard InChI is InChI=1S/C13H12BrFN2O/c1-7-12(18)6-17(7)13-9-3-2-8(15)4-10(9)11(14)5-16-13/h2-5,7,12,18H,6H2,1H3. The lowest BCUT2D eigenvalue weighted by molar-refractivity contribution is 0.0990. The molecular formula is C13H12BrFN2O. The first kappa shape index (κ1) is 11.9. The number of hydrogen-bond acceptors (Lipinski definition) is 3. The number of aliphatic hydroxyl groups is 1. The van der Waals surface area contributed by atoms with Crippen molar-refractivity contribution in [2.24, 2.45) is 0 Å². The Kier molecular flexibility index (Phi) is 2.75. The molecule has 2 atom stereocenters. The largest absolute Gasteiger partial charge is 0.389 e. The van der Waals surface area contributed by atoms with E-state index in [4.69, 9.17) is 0 Å². The van der Waals surface area contributed by atoms with Gasteiger partial charge in [0.15, 0.2) is 0 Å². The van der Waals surface area contributed by atoms with Gasteiger partial charge in [-0.05, 0) is 41.1 Å². The summed E-state index contributed by atoms with van der Waals surface area (Å²) in [5.74, 6) is 0.531. The number of pyridine rings is 1. The molecule has 1 aliphatic heterocycles. The van der Waals surface area contributed by atoms with Crippen molar-refractivity contribution in [2.45, 2.75) is 19.1 Å². The molecule has 0 radical (unpaired) electrons. The first-order valence-electron chi connectivity index (χ1n) is 5.76. The SMILES string of the molecule is CC1C(O)CN1c1ncc(Br)c2cc(F)ccc12. The van der Waals surface area contributed by atoms with Gasteiger partial charge in [0.05, 0.1) is 12.1 Å². The first-order valence-corrected chi connectivity index (χ1v) is 6.55. The summed E-state index contributed by atoms with van der Waals surface area (Å²) in [4.78, 5) is 6.41. The second kappa shape index (κ2) is 4.17. The van der Waals surface area contributed by atoms with Gasteiger partial charge in [0, 0.05) is 28.0 Å². The van der Waals surface area contributed by atoms with Crippen LogP contribution in [0.2, 0.25) is 0 Å². The Morgan fingerprint density at radius 3 is 2.89 bits per heavy atom. The Morgan fingerprint density at radius 2 is 2.22 bits per heavy atom. The van der Waals surface area contributed by atoms with Gasteiger partial charge in [-0.15, -0.1) is 0 Å². The average Bonchev–Trinajstić information content (AvgIpc) is 2.37. The molecule has 1 fully saturated rings. The smallest absolute Gasteiger partial charge is 0.136 e. The Bertz CT molecular complexity index is 619. The van der Waals surface area contributed by atoms with E-state index in [1.165, 1.54) is 12.1 Å². The highest BCUT2D eigenvalue weighted by atomic mass is 79.9. The number of β-amino-alcohol motifs (C(OH)–C–C–N with tert-alkyl or cyclic N) is 1. The van der Waals surface area contributed by atoms with Crippen molar-refractivity contribution in [3.05, 3.63) is 34.7 Å². The van der Waals surface area contributed by atoms with E-state index in [1.807, 2.05) is 11.8 Å². The Balaban J connectivity index is 2.16. The minimum absolute atomic E-state index is 0.0481. The molecule has 1 saturated heterocycles. The molecular weight excluding hydrogens is 299 g/mol. The number of aliphatic hydroxyl groups excluding tert-OH is 1. The minimum atomic E-state index is -0.314. The lowest BCUT2D eigenvalue weighted by Crippen LogP contribution is -2.59. The van der Waals surface area contributed by atoms with Gasteiger partial charge >= 0.3 is 0 Å². The Labute approximate surface area is 112 Å². The molecule has 1 N–H and O–H groups in total. The van der Waals surface area contributed by atoms with Gasteiger partial charge < -0.3 is 10.0 Å². The van der Waals surface area contributed by atoms with Crippen LogP contribution in [0, 0.1) is 5.82 Å². The lowest BCUT2D eigenvalue weighted by Gasteiger charge is -2.44. The fourth-order valence-corrected chi connectivity index (χ4v) is 2.69. The average molecular weight is 311 g/mol. The molecule has 0 aliphatic carbocycles. The molecule has 3 nitrogen and oxygen atoms in total. The summed E-state index contributed by atoms with van der Waals surface area (Å²) in [5, 5.41) is 11.3. The van der Waals surface area contributed by atoms with Crippen molar-refractivity contribution < 1.29 is 9.50 Å². The molecule has 0 amide bonds. The Morgan fingerprint density at radius 1 is 1.44 bits per heavy atom. The van der Waals surface area contributed by atoms with Crippen molar-refractivity contribution in [3.63, 3.8) is 0 Å². The highest BCUT2D eigenvalue weighted by Crippen LogP contribution is 2.34. The normalized spacial score (nSPS) is 23.2. The maximum atomic E-state index is 13.3. The molecule has 0 bridgehead atoms. The molecule has 5 heteroatoms. The van der Waals surface area contributed by atoms with Gasteiger partial charge in [0.25, 0.3) is 0 Å². The van der Waals surface area contributed by atoms with Crippen molar-refractivity contribution in [1.29, 1.82) is 0 Å². The molecule has 18 heavy (non-hydrogen) atoms. The topological polar surface area (TPSA) is 36.4 Å². The second-order valence-electron chi connectivity index (χ2n) is 4.58. The second-order valence-corrected chi connectivity index (χ2v) is 5.43. The zero-order valence-corrected chi connectivity index (χ0v) is 11.4. The highest BCUT2D eigenvalue weighted by Gasteiger charge is 2.35. The van der Waals surface area contributed by atoms with Gasteiger partial charge in [-0.2, -0.15) is 0 Å². The van der Waals surface area contributed by atoms with E-state index in [1.54, 1.807) is 12.3 Å². The van der Waals surface area contributed by atoms with Crippen LogP contribution in [-0.2, 0) is 0 Å². The van der Waals surface area contributed by atoms with E-state index in [2.05, 4.69) is 20.9 Å². The zero-order valence-electron chi connectivity index (χ0n) is 9.77. The number of nitrogens with zero attached hydrogens (tertiary/aromatic N) is 2. The van der Waals surface area contributed by atoms with E-state index < -0.39 is 0 Å². The van der Waals surface area contributed by atoms with Crippen LogP contribution >= 0.6 is 15.9 Å². The van der Waals surface area contributed by atoms with E-state index in [-0.39, 0.29) is 18.0 Å². The molecule has 0 saturated carbocycles. The predicted octanol–water partition coefficient (Wildman–Crippen LogP) is 2.71. The van der Waals surface area contributed by atoms with Crippen LogP contribution in [0.15, 0.2) is 28.9 Å². The summed E-state index contributed by atoms with van der Waals surface area (Å²) in [6.45, 7) is 2.52. The summed E-state index contributed by atoms with van der Waals surface area (Å²) in [7, 11) is 0. The minimum Gasteiger partial charge on any atom is -0.389 e. The van der Waals surface area contributed by atoms with Crippen LogP contribution in [0.25, 0.3) is 10.8 Å². The Hall–Kier alpha value is -1.20. The lowest BCUT2D eigenvalue weighted by atomic mass is 10.00. The monoisotopic (exact) mass is 310 g/mol. The van der Waals surface area contributed by atoms with E-state index in [9.17, 15) is 9.50 Å². The predicted molar refractivity (Wildman–Crippen MR) is 72.2 cm³/mol. The molecule has 94 valence electrons. The molecule has 0 spiro atoms. The molecule has 1 aliphatic rings. The number of aromatic nitrogens is 1. The van der Waals surface area contributed by atoms with Crippen LogP contribution in [0.1, 0.15) is 6.92 Å². The maximum Gasteiger partial charge on any atom is 0.136 e. The number of halogens is 2. The number of benzene rings is 1. The third-order valence-electron chi connectivity index (χ3n) is 3.48. The fraction of sp³-hybridized carbons (Fsp3) is 0.308. The number of anilines is 1. The summed E-state index contributed by atoms with van der Waals surface area (Å²) >= 11 is 3.38. The third kappa shape index (κ3) is 1.69. The molecule has 1 aromatic carbocycles. The number of hydrogen-bond donors (Lipinski definition) is 1. The summed E-state index contributed by atoms with van der Waals surface area (Å²) < 4.78 is 14.1. The molecule has 3 rings (SSSR count). The summed E-state index contributed by atoms with van der Waals surface area (Å²) in [6, 6.07) is 4.70. The summed E-state index contributed by atoms with van der Waals surface area (Å²) in [6.07, 6.45) is 1.36. The van der Waals surface area contributed by atoms with Gasteiger partial charge in [-0.1, -0.05) is 0 Å². The van der Waals surface area contributed by atoms with Crippen LogP contribution in [0.3, 0.4) is 0 Å². The van der Waals surface area contributed by atoms with Crippen molar-refractivity contribution in [1.82, 2.24) is 4.98 Å². The molecule has 2 aromatic rings. The highest BCUT2D eigenvalue weighted by molar-refractivity contribution is 9.10. The van der Waals surface area contributed by atoms with Gasteiger partial charge in [0.1, 0.15) is 11.6 Å². The number of fused-ring (bicyclic) bond motifs is 1. The maximum absolute atomic E-state index is 13.3. The van der Waals surface area contributed by atoms with Crippen molar-refractivity contribution >= 4 is 32.5 Å². The van der Waals surface area contributed by atoms with Gasteiger partial charge in [-0.25, -0.2) is 9.37 Å². The van der Waals surface area contributed by atoms with Crippen LogP contribution in [0.4, 0.5) is 10.2 Å². The molecule has 1 aromatic heterocycles. The first-order chi connectivity index (χ1) is 8.58. The third-order valence-corrected chi connectivity index (χ3v) is 4.12. The van der Waals surface area contributed by atoms with Gasteiger partial charge in [-0.3, -0.25) is 0 Å². The number of rotatable bonds is 1. The van der Waals surface area contributed by atoms with E-state index in [0.717, 1.165) is 21.1 Å². The summed E-state index contributed by atoms with van der Waals surface area (Å²) in [5.41, 5.74) is 0. The molecule has 2 heterocycles. The zero-order chi connectivity index (χ0) is 12.9.